The zero-order valence-electron chi connectivity index (χ0n) is 7.12. The molecule has 0 atom stereocenters. The van der Waals surface area contributed by atoms with Crippen molar-refractivity contribution in [1.29, 1.82) is 5.26 Å². The number of hydrogen-bond acceptors (Lipinski definition) is 2. The fourth-order valence-electron chi connectivity index (χ4n) is 0.879. The largest absolute Gasteiger partial charge is 0.392 e. The average Bonchev–Trinajstić information content (AvgIpc) is 2.19. The van der Waals surface area contributed by atoms with Crippen LogP contribution in [-0.2, 0) is 6.61 Å². The molecule has 0 saturated heterocycles. The number of hydrogen-bond donors (Lipinski definition) is 1. The van der Waals surface area contributed by atoms with Crippen LogP contribution in [0.4, 0.5) is 0 Å². The van der Waals surface area contributed by atoms with Gasteiger partial charge in [-0.05, 0) is 17.7 Å². The lowest BCUT2D eigenvalue weighted by Crippen LogP contribution is -1.82. The summed E-state index contributed by atoms with van der Waals surface area (Å²) >= 11 is 0. The van der Waals surface area contributed by atoms with Crippen LogP contribution in [0.5, 0.6) is 0 Å². The van der Waals surface area contributed by atoms with Crippen molar-refractivity contribution in [2.75, 3.05) is 0 Å². The summed E-state index contributed by atoms with van der Waals surface area (Å²) in [5, 5.41) is 17.0. The van der Waals surface area contributed by atoms with Crippen molar-refractivity contribution >= 4 is 0 Å². The second-order valence-corrected chi connectivity index (χ2v) is 2.49. The second-order valence-electron chi connectivity index (χ2n) is 2.49. The topological polar surface area (TPSA) is 44.0 Å². The molecule has 0 aromatic heterocycles. The second kappa shape index (κ2) is 4.98. The summed E-state index contributed by atoms with van der Waals surface area (Å²) in [7, 11) is 0. The number of rotatable bonds is 1. The molecule has 0 unspecified atom stereocenters. The Morgan fingerprint density at radius 1 is 1.23 bits per heavy atom. The van der Waals surface area contributed by atoms with E-state index in [-0.39, 0.29) is 13.0 Å². The Morgan fingerprint density at radius 3 is 2.46 bits per heavy atom. The molecule has 64 valence electrons. The molecule has 2 heteroatoms. The summed E-state index contributed by atoms with van der Waals surface area (Å²) in [5.74, 6) is 5.56. The Bertz CT molecular complexity index is 362. The lowest BCUT2D eigenvalue weighted by Gasteiger charge is -1.94. The van der Waals surface area contributed by atoms with Crippen molar-refractivity contribution in [2.45, 2.75) is 13.0 Å². The van der Waals surface area contributed by atoms with Crippen molar-refractivity contribution in [2.24, 2.45) is 0 Å². The van der Waals surface area contributed by atoms with Crippen LogP contribution < -0.4 is 0 Å². The number of nitriles is 1. The van der Waals surface area contributed by atoms with Gasteiger partial charge in [-0.15, -0.1) is 0 Å². The van der Waals surface area contributed by atoms with Gasteiger partial charge >= 0.3 is 0 Å². The Balaban J connectivity index is 2.72. The Hall–Kier alpha value is -1.77. The zero-order chi connectivity index (χ0) is 9.52. The molecule has 0 heterocycles. The van der Waals surface area contributed by atoms with E-state index >= 15 is 0 Å². The molecule has 0 saturated carbocycles. The molecule has 1 rings (SSSR count). The normalized spacial score (nSPS) is 8.31. The quantitative estimate of drug-likeness (QED) is 0.650. The van der Waals surface area contributed by atoms with Crippen molar-refractivity contribution in [3.8, 4) is 17.9 Å². The van der Waals surface area contributed by atoms with Gasteiger partial charge in [0.05, 0.1) is 19.1 Å². The van der Waals surface area contributed by atoms with Gasteiger partial charge in [-0.25, -0.2) is 0 Å². The maximum atomic E-state index is 8.76. The maximum Gasteiger partial charge on any atom is 0.0966 e. The summed E-state index contributed by atoms with van der Waals surface area (Å²) in [5.41, 5.74) is 1.73. The van der Waals surface area contributed by atoms with E-state index in [9.17, 15) is 0 Å². The molecular weight excluding hydrogens is 162 g/mol. The van der Waals surface area contributed by atoms with Crippen LogP contribution in [0.3, 0.4) is 0 Å². The smallest absolute Gasteiger partial charge is 0.0966 e. The van der Waals surface area contributed by atoms with E-state index in [0.717, 1.165) is 11.1 Å². The van der Waals surface area contributed by atoms with Crippen LogP contribution in [0, 0.1) is 23.2 Å². The highest BCUT2D eigenvalue weighted by Gasteiger charge is 1.88. The summed E-state index contributed by atoms with van der Waals surface area (Å²) in [6.45, 7) is 0.0475. The summed E-state index contributed by atoms with van der Waals surface area (Å²) in [6.07, 6.45) is 0.252. The first-order valence-electron chi connectivity index (χ1n) is 3.92. The third kappa shape index (κ3) is 2.99. The Labute approximate surface area is 77.4 Å². The Morgan fingerprint density at radius 2 is 1.92 bits per heavy atom. The minimum atomic E-state index is 0.0475. The highest BCUT2D eigenvalue weighted by molar-refractivity contribution is 5.36. The molecule has 0 spiro atoms. The molecule has 0 amide bonds. The van der Waals surface area contributed by atoms with Gasteiger partial charge in [0.2, 0.25) is 0 Å². The third-order valence-corrected chi connectivity index (χ3v) is 1.54. The van der Waals surface area contributed by atoms with Gasteiger partial charge in [0.15, 0.2) is 0 Å². The molecule has 0 aliphatic heterocycles. The predicted octanol–water partition coefficient (Wildman–Crippen LogP) is 1.44. The zero-order valence-corrected chi connectivity index (χ0v) is 7.12. The van der Waals surface area contributed by atoms with Gasteiger partial charge < -0.3 is 5.11 Å². The van der Waals surface area contributed by atoms with E-state index in [1.54, 1.807) is 0 Å². The maximum absolute atomic E-state index is 8.76. The molecule has 0 radical (unpaired) electrons. The predicted molar refractivity (Wildman–Crippen MR) is 49.5 cm³/mol. The highest BCUT2D eigenvalue weighted by atomic mass is 16.3. The van der Waals surface area contributed by atoms with Gasteiger partial charge in [-0.3, -0.25) is 0 Å². The van der Waals surface area contributed by atoms with Gasteiger partial charge in [0.25, 0.3) is 0 Å². The molecule has 0 aliphatic carbocycles. The molecule has 1 N–H and O–H groups in total. The van der Waals surface area contributed by atoms with Crippen molar-refractivity contribution in [3.63, 3.8) is 0 Å². The number of nitrogens with zero attached hydrogens (tertiary/aromatic N) is 1. The summed E-state index contributed by atoms with van der Waals surface area (Å²) in [6, 6.07) is 9.24. The first-order chi connectivity index (χ1) is 6.36. The minimum absolute atomic E-state index is 0.0475. The third-order valence-electron chi connectivity index (χ3n) is 1.54. The standard InChI is InChI=1S/C11H9NO/c12-8-2-1-3-10-4-6-11(9-13)7-5-10/h4-7,13H,2,9H2. The summed E-state index contributed by atoms with van der Waals surface area (Å²) in [4.78, 5) is 0. The van der Waals surface area contributed by atoms with Crippen molar-refractivity contribution < 1.29 is 5.11 Å². The molecule has 13 heavy (non-hydrogen) atoms. The fraction of sp³-hybridized carbons (Fsp3) is 0.182. The first kappa shape index (κ1) is 9.32. The molecule has 1 aromatic carbocycles. The van der Waals surface area contributed by atoms with Gasteiger partial charge in [-0.2, -0.15) is 5.26 Å². The van der Waals surface area contributed by atoms with E-state index in [1.807, 2.05) is 30.3 Å². The van der Waals surface area contributed by atoms with E-state index < -0.39 is 0 Å². The molecule has 0 bridgehead atoms. The van der Waals surface area contributed by atoms with E-state index in [0.29, 0.717) is 0 Å². The van der Waals surface area contributed by atoms with Crippen molar-refractivity contribution in [3.05, 3.63) is 35.4 Å². The molecule has 1 aromatic rings. The highest BCUT2D eigenvalue weighted by Crippen LogP contribution is 2.02. The van der Waals surface area contributed by atoms with Crippen molar-refractivity contribution in [1.82, 2.24) is 0 Å². The molecular formula is C11H9NO. The average molecular weight is 171 g/mol. The van der Waals surface area contributed by atoms with Gasteiger partial charge in [0.1, 0.15) is 0 Å². The number of benzene rings is 1. The van der Waals surface area contributed by atoms with Gasteiger partial charge in [0, 0.05) is 5.56 Å². The van der Waals surface area contributed by atoms with Crippen LogP contribution in [0.2, 0.25) is 0 Å². The number of aliphatic hydroxyl groups excluding tert-OH is 1. The van der Waals surface area contributed by atoms with Crippen LogP contribution in [0.1, 0.15) is 17.5 Å². The van der Waals surface area contributed by atoms with Crippen LogP contribution in [0.25, 0.3) is 0 Å². The monoisotopic (exact) mass is 171 g/mol. The van der Waals surface area contributed by atoms with Crippen LogP contribution >= 0.6 is 0 Å². The van der Waals surface area contributed by atoms with E-state index in [4.69, 9.17) is 10.4 Å². The van der Waals surface area contributed by atoms with E-state index in [2.05, 4.69) is 11.8 Å². The van der Waals surface area contributed by atoms with E-state index in [1.165, 1.54) is 0 Å². The van der Waals surface area contributed by atoms with Crippen LogP contribution in [-0.4, -0.2) is 5.11 Å². The lowest BCUT2D eigenvalue weighted by molar-refractivity contribution is 0.282. The lowest BCUT2D eigenvalue weighted by atomic mass is 10.1. The first-order valence-corrected chi connectivity index (χ1v) is 3.92. The number of aliphatic hydroxyl groups is 1. The fourth-order valence-corrected chi connectivity index (χ4v) is 0.879. The minimum Gasteiger partial charge on any atom is -0.392 e. The molecule has 0 aliphatic rings. The molecule has 2 nitrogen and oxygen atoms in total. The Kier molecular flexibility index (Phi) is 3.57. The van der Waals surface area contributed by atoms with Crippen LogP contribution in [0.15, 0.2) is 24.3 Å². The van der Waals surface area contributed by atoms with Gasteiger partial charge in [-0.1, -0.05) is 24.0 Å². The molecule has 0 fully saturated rings. The summed E-state index contributed by atoms with van der Waals surface area (Å²) < 4.78 is 0. The SMILES string of the molecule is N#CCC#Cc1ccc(CO)cc1.